The molecule has 1 N–H and O–H groups in total. The molecule has 2 bridgehead atoms. The van der Waals surface area contributed by atoms with Gasteiger partial charge in [0.1, 0.15) is 0 Å². The van der Waals surface area contributed by atoms with Gasteiger partial charge in [0.15, 0.2) is 28.8 Å². The van der Waals surface area contributed by atoms with E-state index in [0.29, 0.717) is 56.4 Å². The van der Waals surface area contributed by atoms with Crippen LogP contribution in [0.2, 0.25) is 0 Å². The Kier molecular flexibility index (Phi) is 4.71. The molecule has 2 fully saturated rings. The summed E-state index contributed by atoms with van der Waals surface area (Å²) < 4.78 is 22.8. The van der Waals surface area contributed by atoms with Crippen LogP contribution in [0.1, 0.15) is 22.3 Å². The highest BCUT2D eigenvalue weighted by Crippen LogP contribution is 2.73. The molecule has 210 valence electrons. The Morgan fingerprint density at radius 2 is 0.953 bits per heavy atom. The van der Waals surface area contributed by atoms with E-state index < -0.39 is 34.5 Å². The van der Waals surface area contributed by atoms with Crippen LogP contribution in [0.15, 0.2) is 97.1 Å². The van der Waals surface area contributed by atoms with Gasteiger partial charge in [-0.1, -0.05) is 72.8 Å². The van der Waals surface area contributed by atoms with Crippen LogP contribution in [0.25, 0.3) is 11.1 Å². The molecular weight excluding hydrogens is 546 g/mol. The summed E-state index contributed by atoms with van der Waals surface area (Å²) in [5.41, 5.74) is 1.10. The Balaban J connectivity index is 1.49. The summed E-state index contributed by atoms with van der Waals surface area (Å²) in [5.74, 6) is -0.738. The number of benzene rings is 4. The van der Waals surface area contributed by atoms with Gasteiger partial charge in [-0.25, -0.2) is 0 Å². The van der Waals surface area contributed by atoms with E-state index in [1.165, 1.54) is 0 Å². The molecule has 9 rings (SSSR count). The first-order chi connectivity index (χ1) is 21.1. The van der Waals surface area contributed by atoms with Gasteiger partial charge in [0.25, 0.3) is 0 Å². The van der Waals surface area contributed by atoms with Crippen LogP contribution < -0.4 is 24.3 Å². The van der Waals surface area contributed by atoms with Gasteiger partial charge >= 0.3 is 0 Å². The fourth-order valence-corrected chi connectivity index (χ4v) is 8.16. The first kappa shape index (κ1) is 24.2. The fourth-order valence-electron chi connectivity index (χ4n) is 8.16. The van der Waals surface area contributed by atoms with Crippen LogP contribution in [0, 0.1) is 11.8 Å². The highest BCUT2D eigenvalue weighted by atomic mass is 16.7. The molecular formula is C35H23NO7. The zero-order valence-electron chi connectivity index (χ0n) is 22.7. The third-order valence-electron chi connectivity index (χ3n) is 9.61. The smallest absolute Gasteiger partial charge is 0.232 e. The van der Waals surface area contributed by atoms with Crippen LogP contribution in [0.4, 0.5) is 0 Å². The second kappa shape index (κ2) is 8.35. The number of carbonyl (C=O) groups excluding carboxylic acids is 3. The van der Waals surface area contributed by atoms with Gasteiger partial charge in [0, 0.05) is 0 Å². The Morgan fingerprint density at radius 3 is 1.40 bits per heavy atom. The number of amides is 2. The predicted molar refractivity (Wildman–Crippen MR) is 153 cm³/mol. The number of fused-ring (bicyclic) bond motifs is 7. The summed E-state index contributed by atoms with van der Waals surface area (Å²) in [6, 6.07) is 29.9. The molecule has 0 spiro atoms. The molecule has 3 aliphatic heterocycles. The summed E-state index contributed by atoms with van der Waals surface area (Å²) in [6.45, 7) is 0.177. The molecule has 2 aliphatic carbocycles. The minimum atomic E-state index is -1.47. The van der Waals surface area contributed by atoms with E-state index in [1.807, 2.05) is 97.1 Å². The number of carbonyl (C=O) groups is 3. The molecule has 2 amide bonds. The third kappa shape index (κ3) is 2.83. The highest BCUT2D eigenvalue weighted by Gasteiger charge is 2.81. The van der Waals surface area contributed by atoms with Crippen molar-refractivity contribution in [1.82, 2.24) is 5.32 Å². The van der Waals surface area contributed by atoms with Gasteiger partial charge in [-0.15, -0.1) is 0 Å². The van der Waals surface area contributed by atoms with Gasteiger partial charge in [-0.05, 0) is 57.7 Å². The topological polar surface area (TPSA) is 100 Å². The van der Waals surface area contributed by atoms with Crippen molar-refractivity contribution in [2.24, 2.45) is 11.8 Å². The third-order valence-corrected chi connectivity index (χ3v) is 9.61. The Hall–Kier alpha value is -5.37. The number of hydrogen-bond donors (Lipinski definition) is 1. The maximum atomic E-state index is 15.7. The van der Waals surface area contributed by atoms with Crippen molar-refractivity contribution < 1.29 is 33.3 Å². The van der Waals surface area contributed by atoms with Crippen LogP contribution >= 0.6 is 0 Å². The number of hydrogen-bond acceptors (Lipinski definition) is 7. The normalized spacial score (nSPS) is 27.6. The summed E-state index contributed by atoms with van der Waals surface area (Å²) >= 11 is 0. The summed E-state index contributed by atoms with van der Waals surface area (Å²) in [7, 11) is 0. The minimum Gasteiger partial charge on any atom is -0.454 e. The van der Waals surface area contributed by atoms with E-state index in [0.717, 1.165) is 0 Å². The van der Waals surface area contributed by atoms with E-state index in [2.05, 4.69) is 5.32 Å². The van der Waals surface area contributed by atoms with Gasteiger partial charge < -0.3 is 18.9 Å². The van der Waals surface area contributed by atoms with E-state index in [-0.39, 0.29) is 19.4 Å². The van der Waals surface area contributed by atoms with Crippen molar-refractivity contribution in [1.29, 1.82) is 0 Å². The summed E-state index contributed by atoms with van der Waals surface area (Å²) in [5, 5.41) is 2.61. The Labute approximate surface area is 245 Å². The zero-order valence-corrected chi connectivity index (χ0v) is 22.7. The maximum Gasteiger partial charge on any atom is 0.232 e. The Bertz CT molecular complexity index is 1800. The van der Waals surface area contributed by atoms with Crippen molar-refractivity contribution in [3.8, 4) is 23.0 Å². The molecule has 1 saturated heterocycles. The molecule has 1 saturated carbocycles. The number of allylic oxidation sites excluding steroid dienone is 2. The molecule has 4 aromatic carbocycles. The molecule has 43 heavy (non-hydrogen) atoms. The lowest BCUT2D eigenvalue weighted by Gasteiger charge is -2.39. The van der Waals surface area contributed by atoms with Gasteiger partial charge in [0.05, 0.1) is 22.7 Å². The number of rotatable bonds is 4. The van der Waals surface area contributed by atoms with Crippen LogP contribution in [0.3, 0.4) is 0 Å². The molecule has 4 aromatic rings. The number of ketones is 1. The molecule has 0 unspecified atom stereocenters. The SMILES string of the molecule is O=C1NC(=O)[C@H]2[C@H]1[C@@]1(c3ccccc3)C(=O)[C@@]2(c2ccccc2)C(c2ccc3c(c2)OCO3)=C1c1ccc2c(c1)OCO2. The summed E-state index contributed by atoms with van der Waals surface area (Å²) in [6.07, 6.45) is 0. The van der Waals surface area contributed by atoms with Crippen molar-refractivity contribution in [3.63, 3.8) is 0 Å². The molecule has 0 aromatic heterocycles. The van der Waals surface area contributed by atoms with E-state index in [1.54, 1.807) is 0 Å². The quantitative estimate of drug-likeness (QED) is 0.364. The second-order valence-corrected chi connectivity index (χ2v) is 11.4. The fraction of sp³-hybridized carbons (Fsp3) is 0.171. The monoisotopic (exact) mass is 569 g/mol. The highest BCUT2D eigenvalue weighted by molar-refractivity contribution is 6.35. The predicted octanol–water partition coefficient (Wildman–Crippen LogP) is 4.42. The largest absolute Gasteiger partial charge is 0.454 e. The van der Waals surface area contributed by atoms with Crippen molar-refractivity contribution in [3.05, 3.63) is 119 Å². The lowest BCUT2D eigenvalue weighted by atomic mass is 9.59. The van der Waals surface area contributed by atoms with E-state index in [9.17, 15) is 9.59 Å². The zero-order chi connectivity index (χ0) is 28.9. The van der Waals surface area contributed by atoms with Crippen LogP contribution in [0.5, 0.6) is 23.0 Å². The number of Topliss-reactive ketones (excluding diaryl/α,β-unsaturated/α-hetero) is 1. The number of nitrogens with one attached hydrogen (secondary N) is 1. The van der Waals surface area contributed by atoms with Gasteiger partial charge in [-0.3, -0.25) is 19.7 Å². The van der Waals surface area contributed by atoms with E-state index >= 15 is 4.79 Å². The lowest BCUT2D eigenvalue weighted by Crippen LogP contribution is -2.44. The number of imide groups is 1. The molecule has 8 nitrogen and oxygen atoms in total. The maximum absolute atomic E-state index is 15.7. The van der Waals surface area contributed by atoms with Crippen molar-refractivity contribution >= 4 is 28.7 Å². The van der Waals surface area contributed by atoms with Crippen molar-refractivity contribution in [2.45, 2.75) is 10.8 Å². The first-order valence-corrected chi connectivity index (χ1v) is 14.1. The van der Waals surface area contributed by atoms with Gasteiger partial charge in [-0.2, -0.15) is 0 Å². The molecule has 8 heteroatoms. The van der Waals surface area contributed by atoms with Crippen LogP contribution in [-0.4, -0.2) is 31.2 Å². The van der Waals surface area contributed by atoms with Crippen LogP contribution in [-0.2, 0) is 25.2 Å². The number of ether oxygens (including phenoxy) is 4. The first-order valence-electron chi connectivity index (χ1n) is 14.1. The summed E-state index contributed by atoms with van der Waals surface area (Å²) in [4.78, 5) is 43.5. The second-order valence-electron chi connectivity index (χ2n) is 11.4. The molecule has 5 aliphatic rings. The average molecular weight is 570 g/mol. The molecule has 0 radical (unpaired) electrons. The van der Waals surface area contributed by atoms with Gasteiger partial charge in [0.2, 0.25) is 25.4 Å². The lowest BCUT2D eigenvalue weighted by molar-refractivity contribution is -0.132. The van der Waals surface area contributed by atoms with Crippen molar-refractivity contribution in [2.75, 3.05) is 13.6 Å². The average Bonchev–Trinajstić information content (AvgIpc) is 3.85. The Morgan fingerprint density at radius 1 is 0.535 bits per heavy atom. The molecule has 3 heterocycles. The molecule has 4 atom stereocenters. The minimum absolute atomic E-state index is 0.0885. The standard InChI is InChI=1S/C35H23NO7/c37-31-29-30(32(38)36-31)35(22-9-5-2-6-10-22)28(20-12-14-24-26(16-20)43-18-41-24)27(19-11-13-23-25(15-19)42-17-40-23)34(29,33(35)39)21-7-3-1-4-8-21/h1-16,29-30H,17-18H2,(H,36,37,38)/t29-,30-,34+,35+/m1/s1. The van der Waals surface area contributed by atoms with E-state index in [4.69, 9.17) is 18.9 Å².